The first-order chi connectivity index (χ1) is 14.8. The van der Waals surface area contributed by atoms with Crippen molar-refractivity contribution in [2.75, 3.05) is 26.2 Å². The second-order valence-corrected chi connectivity index (χ2v) is 8.20. The summed E-state index contributed by atoms with van der Waals surface area (Å²) < 4.78 is 5.33. The average Bonchev–Trinajstić information content (AvgIpc) is 3.52. The van der Waals surface area contributed by atoms with E-state index < -0.39 is 0 Å². The molecule has 1 aliphatic heterocycles. The number of likely N-dealkylation sites (tertiary alicyclic amines) is 1. The Labute approximate surface area is 204 Å². The molecule has 0 radical (unpaired) electrons. The highest BCUT2D eigenvalue weighted by Crippen LogP contribution is 2.16. The van der Waals surface area contributed by atoms with Gasteiger partial charge in [-0.15, -0.1) is 24.0 Å². The van der Waals surface area contributed by atoms with Gasteiger partial charge in [0.15, 0.2) is 11.7 Å². The number of aliphatic imine (C=N–C) groups is 1. The predicted octanol–water partition coefficient (Wildman–Crippen LogP) is 3.51. The quantitative estimate of drug-likeness (QED) is 0.224. The molecule has 4 heterocycles. The Kier molecular flexibility index (Phi) is 9.34. The zero-order chi connectivity index (χ0) is 20.6. The standard InChI is InChI=1S/C21H29N7OS.HI/c1-2-22-21(23-9-5-19-25-20(27-26-19)18-4-3-12-29-18)24-17-6-10-28(11-7-17)14-16-8-13-30-15-16;/h3-4,8,12-13,15,17H,2,5-7,9-11,14H2,1H3,(H2,22,23,24)(H,25,26,27);1H. The number of guanidine groups is 1. The number of piperidine rings is 1. The molecule has 0 bridgehead atoms. The maximum Gasteiger partial charge on any atom is 0.216 e. The van der Waals surface area contributed by atoms with Crippen molar-refractivity contribution in [2.45, 2.75) is 38.8 Å². The fourth-order valence-corrected chi connectivity index (χ4v) is 4.25. The summed E-state index contributed by atoms with van der Waals surface area (Å²) in [6.07, 6.45) is 4.58. The lowest BCUT2D eigenvalue weighted by Gasteiger charge is -2.33. The molecule has 3 aromatic rings. The van der Waals surface area contributed by atoms with E-state index in [0.29, 0.717) is 30.6 Å². The highest BCUT2D eigenvalue weighted by molar-refractivity contribution is 14.0. The lowest BCUT2D eigenvalue weighted by molar-refractivity contribution is 0.198. The molecule has 10 heteroatoms. The summed E-state index contributed by atoms with van der Waals surface area (Å²) in [6.45, 7) is 6.85. The van der Waals surface area contributed by atoms with Gasteiger partial charge in [-0.2, -0.15) is 16.4 Å². The molecule has 0 atom stereocenters. The van der Waals surface area contributed by atoms with Crippen LogP contribution in [0.3, 0.4) is 0 Å². The van der Waals surface area contributed by atoms with Crippen molar-refractivity contribution in [1.82, 2.24) is 30.7 Å². The van der Waals surface area contributed by atoms with Gasteiger partial charge in [0.25, 0.3) is 0 Å². The number of thiophene rings is 1. The molecule has 8 nitrogen and oxygen atoms in total. The number of hydrogen-bond donors (Lipinski definition) is 3. The van der Waals surface area contributed by atoms with Crippen LogP contribution in [0.5, 0.6) is 0 Å². The summed E-state index contributed by atoms with van der Waals surface area (Å²) in [7, 11) is 0. The van der Waals surface area contributed by atoms with E-state index >= 15 is 0 Å². The summed E-state index contributed by atoms with van der Waals surface area (Å²) >= 11 is 1.77. The van der Waals surface area contributed by atoms with Gasteiger partial charge in [0, 0.05) is 45.2 Å². The zero-order valence-electron chi connectivity index (χ0n) is 17.7. The molecule has 0 unspecified atom stereocenters. The van der Waals surface area contributed by atoms with E-state index in [0.717, 1.165) is 50.8 Å². The molecule has 3 N–H and O–H groups in total. The Bertz CT molecular complexity index is 902. The molecule has 0 spiro atoms. The Morgan fingerprint density at radius 2 is 2.23 bits per heavy atom. The molecule has 0 aliphatic carbocycles. The van der Waals surface area contributed by atoms with Crippen molar-refractivity contribution in [3.8, 4) is 11.6 Å². The fourth-order valence-electron chi connectivity index (χ4n) is 3.59. The third-order valence-corrected chi connectivity index (χ3v) is 5.88. The van der Waals surface area contributed by atoms with Gasteiger partial charge in [-0.25, -0.2) is 4.98 Å². The molecule has 0 aromatic carbocycles. The minimum atomic E-state index is 0. The molecule has 3 aromatic heterocycles. The molecular weight excluding hydrogens is 525 g/mol. The maximum atomic E-state index is 5.33. The topological polar surface area (TPSA) is 94.4 Å². The monoisotopic (exact) mass is 555 g/mol. The van der Waals surface area contributed by atoms with Crippen molar-refractivity contribution < 1.29 is 4.42 Å². The lowest BCUT2D eigenvalue weighted by atomic mass is 10.0. The predicted molar refractivity (Wildman–Crippen MR) is 135 cm³/mol. The lowest BCUT2D eigenvalue weighted by Crippen LogP contribution is -2.48. The van der Waals surface area contributed by atoms with Gasteiger partial charge in [0.1, 0.15) is 5.82 Å². The van der Waals surface area contributed by atoms with Crippen molar-refractivity contribution in [3.63, 3.8) is 0 Å². The normalized spacial score (nSPS) is 15.6. The Hall–Kier alpha value is -1.92. The van der Waals surface area contributed by atoms with E-state index in [1.165, 1.54) is 5.56 Å². The Balaban J connectivity index is 0.00000272. The number of furan rings is 1. The second kappa shape index (κ2) is 12.2. The van der Waals surface area contributed by atoms with Gasteiger partial charge >= 0.3 is 0 Å². The summed E-state index contributed by atoms with van der Waals surface area (Å²) in [5.74, 6) is 2.93. The fraction of sp³-hybridized carbons (Fsp3) is 0.476. The van der Waals surface area contributed by atoms with Gasteiger partial charge in [-0.05, 0) is 54.3 Å². The Morgan fingerprint density at radius 3 is 2.94 bits per heavy atom. The number of rotatable bonds is 8. The van der Waals surface area contributed by atoms with Gasteiger partial charge in [0.05, 0.1) is 6.26 Å². The third-order valence-electron chi connectivity index (χ3n) is 5.15. The second-order valence-electron chi connectivity index (χ2n) is 7.42. The molecule has 168 valence electrons. The van der Waals surface area contributed by atoms with E-state index in [4.69, 9.17) is 9.41 Å². The van der Waals surface area contributed by atoms with Crippen LogP contribution in [0.15, 0.2) is 44.6 Å². The van der Waals surface area contributed by atoms with E-state index in [2.05, 4.69) is 54.5 Å². The summed E-state index contributed by atoms with van der Waals surface area (Å²) in [5, 5.41) is 18.5. The number of aromatic nitrogens is 3. The summed E-state index contributed by atoms with van der Waals surface area (Å²) in [5.41, 5.74) is 1.42. The van der Waals surface area contributed by atoms with Crippen LogP contribution in [0.1, 0.15) is 31.2 Å². The minimum Gasteiger partial charge on any atom is -0.461 e. The van der Waals surface area contributed by atoms with Crippen molar-refractivity contribution >= 4 is 41.3 Å². The number of aromatic amines is 1. The number of halogens is 1. The summed E-state index contributed by atoms with van der Waals surface area (Å²) in [6, 6.07) is 6.36. The highest BCUT2D eigenvalue weighted by Gasteiger charge is 2.20. The summed E-state index contributed by atoms with van der Waals surface area (Å²) in [4.78, 5) is 11.7. The average molecular weight is 555 g/mol. The molecule has 0 saturated carbocycles. The van der Waals surface area contributed by atoms with Crippen LogP contribution in [-0.4, -0.2) is 58.3 Å². The van der Waals surface area contributed by atoms with Gasteiger partial charge in [0.2, 0.25) is 5.82 Å². The first kappa shape index (κ1) is 23.7. The van der Waals surface area contributed by atoms with Crippen LogP contribution in [-0.2, 0) is 13.0 Å². The SMILES string of the molecule is CCNC(=NCCc1nc(-c2ccco2)n[nH]1)NC1CCN(Cc2ccsc2)CC1.I. The minimum absolute atomic E-state index is 0. The Morgan fingerprint density at radius 1 is 1.35 bits per heavy atom. The first-order valence-electron chi connectivity index (χ1n) is 10.5. The van der Waals surface area contributed by atoms with Crippen LogP contribution < -0.4 is 10.6 Å². The molecule has 1 saturated heterocycles. The van der Waals surface area contributed by atoms with Crippen LogP contribution in [0.2, 0.25) is 0 Å². The van der Waals surface area contributed by atoms with Crippen molar-refractivity contribution in [1.29, 1.82) is 0 Å². The number of H-pyrrole nitrogens is 1. The molecule has 1 aliphatic rings. The van der Waals surface area contributed by atoms with Crippen LogP contribution in [0.25, 0.3) is 11.6 Å². The zero-order valence-corrected chi connectivity index (χ0v) is 20.9. The number of nitrogens with one attached hydrogen (secondary N) is 3. The van der Waals surface area contributed by atoms with Crippen molar-refractivity contribution in [2.24, 2.45) is 4.99 Å². The van der Waals surface area contributed by atoms with Gasteiger partial charge in [-0.1, -0.05) is 0 Å². The van der Waals surface area contributed by atoms with Crippen LogP contribution in [0.4, 0.5) is 0 Å². The van der Waals surface area contributed by atoms with Gasteiger partial charge in [-0.3, -0.25) is 15.0 Å². The van der Waals surface area contributed by atoms with E-state index in [-0.39, 0.29) is 24.0 Å². The van der Waals surface area contributed by atoms with E-state index in [1.54, 1.807) is 17.6 Å². The van der Waals surface area contributed by atoms with Crippen LogP contribution >= 0.6 is 35.3 Å². The van der Waals surface area contributed by atoms with Gasteiger partial charge < -0.3 is 15.1 Å². The third kappa shape index (κ3) is 7.04. The number of hydrogen-bond acceptors (Lipinski definition) is 6. The van der Waals surface area contributed by atoms with Crippen LogP contribution in [0, 0.1) is 0 Å². The number of nitrogens with zero attached hydrogens (tertiary/aromatic N) is 4. The van der Waals surface area contributed by atoms with E-state index in [1.807, 2.05) is 12.1 Å². The smallest absolute Gasteiger partial charge is 0.216 e. The van der Waals surface area contributed by atoms with Crippen molar-refractivity contribution in [3.05, 3.63) is 46.6 Å². The maximum absolute atomic E-state index is 5.33. The molecule has 0 amide bonds. The molecular formula is C21H30IN7OS. The molecule has 31 heavy (non-hydrogen) atoms. The highest BCUT2D eigenvalue weighted by atomic mass is 127. The first-order valence-corrected chi connectivity index (χ1v) is 11.5. The van der Waals surface area contributed by atoms with E-state index in [9.17, 15) is 0 Å². The largest absolute Gasteiger partial charge is 0.461 e. The molecule has 1 fully saturated rings. The molecule has 4 rings (SSSR count).